The molecule has 0 bridgehead atoms. The van der Waals surface area contributed by atoms with Crippen LogP contribution in [0.1, 0.15) is 52.0 Å². The molecule has 0 saturated heterocycles. The van der Waals surface area contributed by atoms with Crippen LogP contribution in [-0.2, 0) is 19.7 Å². The number of carbonyl (C=O) groups excluding carboxylic acids is 1. The van der Waals surface area contributed by atoms with Gasteiger partial charge in [-0.25, -0.2) is 0 Å². The molecular formula is C18H25NO4. The van der Waals surface area contributed by atoms with Crippen molar-refractivity contribution in [1.82, 2.24) is 0 Å². The lowest BCUT2D eigenvalue weighted by molar-refractivity contribution is -0.142. The summed E-state index contributed by atoms with van der Waals surface area (Å²) in [5, 5.41) is 12.2. The van der Waals surface area contributed by atoms with Crippen LogP contribution in [0.15, 0.2) is 24.3 Å². The lowest BCUT2D eigenvalue weighted by atomic mass is 9.85. The zero-order valence-electron chi connectivity index (χ0n) is 14.0. The predicted molar refractivity (Wildman–Crippen MR) is 88.6 cm³/mol. The van der Waals surface area contributed by atoms with Crippen LogP contribution in [0.5, 0.6) is 0 Å². The second-order valence-corrected chi connectivity index (χ2v) is 6.60. The number of rotatable bonds is 6. The van der Waals surface area contributed by atoms with Crippen LogP contribution in [-0.4, -0.2) is 29.2 Å². The molecule has 1 amide bonds. The fourth-order valence-corrected chi connectivity index (χ4v) is 3.00. The first-order valence-corrected chi connectivity index (χ1v) is 8.11. The molecule has 0 aliphatic heterocycles. The average Bonchev–Trinajstić information content (AvgIpc) is 2.98. The van der Waals surface area contributed by atoms with Gasteiger partial charge in [0.2, 0.25) is 0 Å². The van der Waals surface area contributed by atoms with E-state index in [0.717, 1.165) is 25.7 Å². The maximum atomic E-state index is 12.6. The largest absolute Gasteiger partial charge is 0.481 e. The zero-order valence-corrected chi connectivity index (χ0v) is 14.0. The summed E-state index contributed by atoms with van der Waals surface area (Å²) in [7, 11) is 0. The van der Waals surface area contributed by atoms with E-state index < -0.39 is 17.0 Å². The van der Waals surface area contributed by atoms with Crippen LogP contribution in [0.2, 0.25) is 0 Å². The summed E-state index contributed by atoms with van der Waals surface area (Å²) in [6, 6.07) is 6.97. The molecule has 1 aliphatic carbocycles. The lowest BCUT2D eigenvalue weighted by Crippen LogP contribution is -2.43. The molecular weight excluding hydrogens is 294 g/mol. The zero-order chi connectivity index (χ0) is 17.1. The van der Waals surface area contributed by atoms with E-state index in [2.05, 4.69) is 5.32 Å². The Bertz CT molecular complexity index is 571. The molecule has 0 unspecified atom stereocenters. The number of amides is 1. The van der Waals surface area contributed by atoms with Crippen LogP contribution in [0.4, 0.5) is 5.69 Å². The maximum Gasteiger partial charge on any atom is 0.313 e. The minimum absolute atomic E-state index is 0.109. The molecule has 126 valence electrons. The number of nitrogens with one attached hydrogen (secondary N) is 1. The normalized spacial score (nSPS) is 17.0. The van der Waals surface area contributed by atoms with E-state index in [1.54, 1.807) is 38.1 Å². The number of carbonyl (C=O) groups is 2. The Hall–Kier alpha value is -1.88. The van der Waals surface area contributed by atoms with E-state index in [0.29, 0.717) is 17.9 Å². The van der Waals surface area contributed by atoms with Crippen molar-refractivity contribution in [2.75, 3.05) is 11.9 Å². The molecule has 5 nitrogen and oxygen atoms in total. The van der Waals surface area contributed by atoms with Gasteiger partial charge in [0, 0.05) is 12.3 Å². The quantitative estimate of drug-likeness (QED) is 0.843. The summed E-state index contributed by atoms with van der Waals surface area (Å²) in [5.41, 5.74) is -0.316. The van der Waals surface area contributed by atoms with Gasteiger partial charge in [0.05, 0.1) is 5.41 Å². The molecule has 0 atom stereocenters. The number of carboxylic acids is 1. The summed E-state index contributed by atoms with van der Waals surface area (Å²) in [6.45, 7) is 5.73. The van der Waals surface area contributed by atoms with Crippen LogP contribution >= 0.6 is 0 Å². The first-order chi connectivity index (χ1) is 10.8. The molecule has 0 spiro atoms. The molecule has 2 rings (SSSR count). The first-order valence-electron chi connectivity index (χ1n) is 8.11. The number of carboxylic acid groups (broad SMARTS) is 1. The van der Waals surface area contributed by atoms with E-state index in [4.69, 9.17) is 4.74 Å². The number of hydrogen-bond donors (Lipinski definition) is 2. The highest BCUT2D eigenvalue weighted by molar-refractivity contribution is 5.97. The molecule has 23 heavy (non-hydrogen) atoms. The van der Waals surface area contributed by atoms with Crippen molar-refractivity contribution < 1.29 is 19.4 Å². The van der Waals surface area contributed by atoms with E-state index in [1.807, 2.05) is 6.92 Å². The van der Waals surface area contributed by atoms with Gasteiger partial charge in [-0.05, 0) is 64.2 Å². The molecule has 0 aromatic heterocycles. The molecule has 1 aromatic carbocycles. The van der Waals surface area contributed by atoms with Crippen molar-refractivity contribution in [2.45, 2.75) is 57.5 Å². The fraction of sp³-hybridized carbons (Fsp3) is 0.556. The summed E-state index contributed by atoms with van der Waals surface area (Å²) in [4.78, 5) is 23.9. The van der Waals surface area contributed by atoms with Crippen LogP contribution < -0.4 is 5.32 Å². The predicted octanol–water partition coefficient (Wildman–Crippen LogP) is 3.34. The van der Waals surface area contributed by atoms with Crippen molar-refractivity contribution >= 4 is 17.6 Å². The molecule has 0 radical (unpaired) electrons. The van der Waals surface area contributed by atoms with E-state index in [-0.39, 0.29) is 5.91 Å². The number of benzene rings is 1. The summed E-state index contributed by atoms with van der Waals surface area (Å²) < 4.78 is 5.74. The Morgan fingerprint density at radius 3 is 2.26 bits per heavy atom. The molecule has 1 fully saturated rings. The van der Waals surface area contributed by atoms with Gasteiger partial charge < -0.3 is 15.2 Å². The van der Waals surface area contributed by atoms with Crippen LogP contribution in [0.3, 0.4) is 0 Å². The smallest absolute Gasteiger partial charge is 0.313 e. The van der Waals surface area contributed by atoms with E-state index in [9.17, 15) is 14.7 Å². The standard InChI is InChI=1S/C18H25NO4/c1-4-23-18(11-5-6-12-18)15(20)19-14-9-7-13(8-10-14)17(2,3)16(21)22/h7-10H,4-6,11-12H2,1-3H3,(H,19,20)(H,21,22). The lowest BCUT2D eigenvalue weighted by Gasteiger charge is -2.27. The Morgan fingerprint density at radius 2 is 1.78 bits per heavy atom. The number of hydrogen-bond acceptors (Lipinski definition) is 3. The van der Waals surface area contributed by atoms with Gasteiger partial charge in [0.15, 0.2) is 0 Å². The molecule has 5 heteroatoms. The minimum Gasteiger partial charge on any atom is -0.481 e. The van der Waals surface area contributed by atoms with Crippen LogP contribution in [0.25, 0.3) is 0 Å². The number of ether oxygens (including phenoxy) is 1. The molecule has 1 aliphatic rings. The van der Waals surface area contributed by atoms with Gasteiger partial charge in [-0.2, -0.15) is 0 Å². The minimum atomic E-state index is -0.958. The van der Waals surface area contributed by atoms with Gasteiger partial charge in [-0.15, -0.1) is 0 Å². The topological polar surface area (TPSA) is 75.6 Å². The van der Waals surface area contributed by atoms with E-state index >= 15 is 0 Å². The number of anilines is 1. The van der Waals surface area contributed by atoms with Gasteiger partial charge in [-0.3, -0.25) is 9.59 Å². The van der Waals surface area contributed by atoms with Crippen molar-refractivity contribution in [2.24, 2.45) is 0 Å². The highest BCUT2D eigenvalue weighted by Gasteiger charge is 2.42. The second kappa shape index (κ2) is 6.71. The Morgan fingerprint density at radius 1 is 1.22 bits per heavy atom. The first kappa shape index (κ1) is 17.5. The molecule has 2 N–H and O–H groups in total. The third-order valence-electron chi connectivity index (χ3n) is 4.64. The third-order valence-corrected chi connectivity index (χ3v) is 4.64. The highest BCUT2D eigenvalue weighted by Crippen LogP contribution is 2.34. The van der Waals surface area contributed by atoms with Crippen molar-refractivity contribution in [3.05, 3.63) is 29.8 Å². The Balaban J connectivity index is 2.11. The van der Waals surface area contributed by atoms with Crippen molar-refractivity contribution in [3.8, 4) is 0 Å². The van der Waals surface area contributed by atoms with Crippen LogP contribution in [0, 0.1) is 0 Å². The third kappa shape index (κ3) is 3.55. The maximum absolute atomic E-state index is 12.6. The van der Waals surface area contributed by atoms with Crippen molar-refractivity contribution in [1.29, 1.82) is 0 Å². The SMILES string of the molecule is CCOC1(C(=O)Nc2ccc(C(C)(C)C(=O)O)cc2)CCCC1. The number of aliphatic carboxylic acids is 1. The highest BCUT2D eigenvalue weighted by atomic mass is 16.5. The fourth-order valence-electron chi connectivity index (χ4n) is 3.00. The molecule has 0 heterocycles. The monoisotopic (exact) mass is 319 g/mol. The van der Waals surface area contributed by atoms with Gasteiger partial charge >= 0.3 is 5.97 Å². The van der Waals surface area contributed by atoms with Gasteiger partial charge in [-0.1, -0.05) is 12.1 Å². The summed E-state index contributed by atoms with van der Waals surface area (Å²) >= 11 is 0. The Labute approximate surface area is 137 Å². The molecule has 1 saturated carbocycles. The summed E-state index contributed by atoms with van der Waals surface area (Å²) in [5.74, 6) is -0.988. The summed E-state index contributed by atoms with van der Waals surface area (Å²) in [6.07, 6.45) is 3.49. The Kier molecular flexibility index (Phi) is 5.09. The van der Waals surface area contributed by atoms with Gasteiger partial charge in [0.1, 0.15) is 5.60 Å². The van der Waals surface area contributed by atoms with Gasteiger partial charge in [0.25, 0.3) is 5.91 Å². The molecule has 1 aromatic rings. The van der Waals surface area contributed by atoms with Crippen molar-refractivity contribution in [3.63, 3.8) is 0 Å². The van der Waals surface area contributed by atoms with E-state index in [1.165, 1.54) is 0 Å². The average molecular weight is 319 g/mol. The second-order valence-electron chi connectivity index (χ2n) is 6.60.